The zero-order valence-corrected chi connectivity index (χ0v) is 10.1. The molecule has 0 saturated carbocycles. The molecule has 1 aromatic carbocycles. The van der Waals surface area contributed by atoms with E-state index in [9.17, 15) is 5.11 Å². The molecule has 0 aliphatic carbocycles. The van der Waals surface area contributed by atoms with Gasteiger partial charge in [-0.25, -0.2) is 0 Å². The fourth-order valence-electron chi connectivity index (χ4n) is 1.78. The Kier molecular flexibility index (Phi) is 3.09. The Labute approximate surface area is 101 Å². The molecule has 0 fully saturated rings. The second kappa shape index (κ2) is 4.53. The van der Waals surface area contributed by atoms with E-state index in [1.165, 1.54) is 0 Å². The first-order valence-corrected chi connectivity index (χ1v) is 5.68. The van der Waals surface area contributed by atoms with Crippen molar-refractivity contribution in [2.45, 2.75) is 25.8 Å². The van der Waals surface area contributed by atoms with Crippen molar-refractivity contribution in [1.29, 1.82) is 0 Å². The van der Waals surface area contributed by atoms with Crippen molar-refractivity contribution in [3.63, 3.8) is 0 Å². The molecule has 3 nitrogen and oxygen atoms in total. The van der Waals surface area contributed by atoms with E-state index in [-0.39, 0.29) is 11.4 Å². The molecule has 0 saturated heterocycles. The lowest BCUT2D eigenvalue weighted by molar-refractivity contribution is -0.591. The summed E-state index contributed by atoms with van der Waals surface area (Å²) in [6, 6.07) is 10.0. The quantitative estimate of drug-likeness (QED) is 0.709. The maximum Gasteiger partial charge on any atom is 0.196 e. The standard InChI is InChI=1S/C14H16N2O/c1-14(2)11-13(17)15-16(14)10-6-9-12-7-4-3-5-8-12/h3-10H,11H2,1-2H3/b9-6+,16-10-. The van der Waals surface area contributed by atoms with Gasteiger partial charge in [-0.05, 0) is 16.7 Å². The van der Waals surface area contributed by atoms with Gasteiger partial charge in [0.15, 0.2) is 11.8 Å². The summed E-state index contributed by atoms with van der Waals surface area (Å²) in [6.45, 7) is 4.02. The number of rotatable bonds is 2. The highest BCUT2D eigenvalue weighted by molar-refractivity contribution is 5.77. The third-order valence-electron chi connectivity index (χ3n) is 2.74. The van der Waals surface area contributed by atoms with Crippen molar-refractivity contribution in [3.05, 3.63) is 42.0 Å². The van der Waals surface area contributed by atoms with Crippen LogP contribution in [-0.4, -0.2) is 22.3 Å². The molecule has 1 aromatic rings. The minimum Gasteiger partial charge on any atom is -0.857 e. The van der Waals surface area contributed by atoms with E-state index in [0.29, 0.717) is 6.42 Å². The largest absolute Gasteiger partial charge is 0.857 e. The van der Waals surface area contributed by atoms with Gasteiger partial charge < -0.3 is 5.11 Å². The summed E-state index contributed by atoms with van der Waals surface area (Å²) < 4.78 is 1.73. The highest BCUT2D eigenvalue weighted by atomic mass is 16.3. The summed E-state index contributed by atoms with van der Waals surface area (Å²) in [5, 5.41) is 15.2. The van der Waals surface area contributed by atoms with Gasteiger partial charge in [-0.1, -0.05) is 35.0 Å². The summed E-state index contributed by atoms with van der Waals surface area (Å²) in [4.78, 5) is 0. The number of benzene rings is 1. The SMILES string of the molecule is CC1(C)CC([O-])=N/[N+]1=C\C=C\c1ccccc1. The third-order valence-corrected chi connectivity index (χ3v) is 2.74. The number of hydrogen-bond acceptors (Lipinski definition) is 2. The maximum atomic E-state index is 11.2. The van der Waals surface area contributed by atoms with Gasteiger partial charge in [-0.3, -0.25) is 0 Å². The molecule has 0 atom stereocenters. The van der Waals surface area contributed by atoms with Gasteiger partial charge in [0.1, 0.15) is 0 Å². The van der Waals surface area contributed by atoms with Gasteiger partial charge in [0.25, 0.3) is 0 Å². The molecule has 0 spiro atoms. The van der Waals surface area contributed by atoms with Crippen molar-refractivity contribution in [2.75, 3.05) is 0 Å². The summed E-state index contributed by atoms with van der Waals surface area (Å²) in [5.74, 6) is -0.0561. The lowest BCUT2D eigenvalue weighted by atomic mass is 10.0. The molecule has 0 N–H and O–H groups in total. The molecule has 3 heteroatoms. The van der Waals surface area contributed by atoms with Crippen molar-refractivity contribution in [3.8, 4) is 0 Å². The maximum absolute atomic E-state index is 11.2. The van der Waals surface area contributed by atoms with E-state index >= 15 is 0 Å². The van der Waals surface area contributed by atoms with E-state index in [1.54, 1.807) is 4.68 Å². The molecule has 1 aliphatic heterocycles. The Hall–Kier alpha value is -1.90. The Bertz CT molecular complexity index is 484. The fourth-order valence-corrected chi connectivity index (χ4v) is 1.78. The van der Waals surface area contributed by atoms with Crippen LogP contribution < -0.4 is 5.11 Å². The molecule has 1 heterocycles. The summed E-state index contributed by atoms with van der Waals surface area (Å²) >= 11 is 0. The zero-order valence-electron chi connectivity index (χ0n) is 10.1. The summed E-state index contributed by atoms with van der Waals surface area (Å²) in [5.41, 5.74) is 0.921. The summed E-state index contributed by atoms with van der Waals surface area (Å²) in [7, 11) is 0. The molecule has 0 unspecified atom stereocenters. The van der Waals surface area contributed by atoms with E-state index in [2.05, 4.69) is 5.10 Å². The van der Waals surface area contributed by atoms with Crippen LogP contribution in [0.25, 0.3) is 6.08 Å². The first-order chi connectivity index (χ1) is 8.08. The molecule has 0 bridgehead atoms. The molecule has 2 rings (SSSR count). The van der Waals surface area contributed by atoms with Gasteiger partial charge in [0.05, 0.1) is 0 Å². The second-order valence-corrected chi connectivity index (χ2v) is 4.75. The van der Waals surface area contributed by atoms with Crippen LogP contribution >= 0.6 is 0 Å². The first kappa shape index (κ1) is 11.6. The average molecular weight is 228 g/mol. The molecule has 0 radical (unpaired) electrons. The highest BCUT2D eigenvalue weighted by Crippen LogP contribution is 2.19. The number of hydrogen-bond donors (Lipinski definition) is 0. The van der Waals surface area contributed by atoms with Gasteiger partial charge >= 0.3 is 0 Å². The molecule has 0 amide bonds. The average Bonchev–Trinajstić information content (AvgIpc) is 2.53. The van der Waals surface area contributed by atoms with Crippen molar-refractivity contribution < 1.29 is 9.79 Å². The number of nitrogens with zero attached hydrogens (tertiary/aromatic N) is 2. The van der Waals surface area contributed by atoms with Crippen molar-refractivity contribution in [1.82, 2.24) is 0 Å². The van der Waals surface area contributed by atoms with Crippen molar-refractivity contribution in [2.24, 2.45) is 5.10 Å². The summed E-state index contributed by atoms with van der Waals surface area (Å²) in [6.07, 6.45) is 6.23. The normalized spacial score (nSPS) is 21.1. The molecule has 0 aromatic heterocycles. The minimum atomic E-state index is -0.210. The smallest absolute Gasteiger partial charge is 0.196 e. The second-order valence-electron chi connectivity index (χ2n) is 4.75. The lowest BCUT2D eigenvalue weighted by Gasteiger charge is -2.10. The lowest BCUT2D eigenvalue weighted by Crippen LogP contribution is -2.30. The Morgan fingerprint density at radius 1 is 1.29 bits per heavy atom. The van der Waals surface area contributed by atoms with Crippen LogP contribution in [0.4, 0.5) is 0 Å². The Balaban J connectivity index is 2.14. The van der Waals surface area contributed by atoms with Crippen LogP contribution in [0.3, 0.4) is 0 Å². The predicted molar refractivity (Wildman–Crippen MR) is 67.9 cm³/mol. The van der Waals surface area contributed by atoms with Crippen LogP contribution in [0.2, 0.25) is 0 Å². The van der Waals surface area contributed by atoms with E-state index in [4.69, 9.17) is 0 Å². The first-order valence-electron chi connectivity index (χ1n) is 5.68. The third kappa shape index (κ3) is 2.81. The fraction of sp³-hybridized carbons (Fsp3) is 0.286. The zero-order chi connectivity index (χ0) is 12.3. The van der Waals surface area contributed by atoms with Crippen molar-refractivity contribution >= 4 is 18.2 Å². The predicted octanol–water partition coefficient (Wildman–Crippen LogP) is 1.64. The van der Waals surface area contributed by atoms with Crippen LogP contribution in [0, 0.1) is 0 Å². The highest BCUT2D eigenvalue weighted by Gasteiger charge is 2.35. The molecule has 88 valence electrons. The topological polar surface area (TPSA) is 38.4 Å². The van der Waals surface area contributed by atoms with E-state index < -0.39 is 0 Å². The molecule has 1 aliphatic rings. The number of allylic oxidation sites excluding steroid dienone is 1. The van der Waals surface area contributed by atoms with Gasteiger partial charge in [-0.15, -0.1) is 0 Å². The number of hydrazone groups is 1. The molecular weight excluding hydrogens is 212 g/mol. The van der Waals surface area contributed by atoms with Crippen LogP contribution in [0.1, 0.15) is 25.8 Å². The van der Waals surface area contributed by atoms with Crippen LogP contribution in [0.5, 0.6) is 0 Å². The Morgan fingerprint density at radius 2 is 2.00 bits per heavy atom. The molecule has 17 heavy (non-hydrogen) atoms. The van der Waals surface area contributed by atoms with Gasteiger partial charge in [-0.2, -0.15) is 0 Å². The van der Waals surface area contributed by atoms with E-state index in [1.807, 2.05) is 62.5 Å². The minimum absolute atomic E-state index is 0.0561. The van der Waals surface area contributed by atoms with Crippen LogP contribution in [-0.2, 0) is 0 Å². The molecular formula is C14H16N2O. The van der Waals surface area contributed by atoms with E-state index in [0.717, 1.165) is 5.56 Å². The van der Waals surface area contributed by atoms with Gasteiger partial charge in [0.2, 0.25) is 0 Å². The van der Waals surface area contributed by atoms with Gasteiger partial charge in [0, 0.05) is 32.2 Å². The van der Waals surface area contributed by atoms with Crippen LogP contribution in [0.15, 0.2) is 41.5 Å². The monoisotopic (exact) mass is 228 g/mol. The Morgan fingerprint density at radius 3 is 2.59 bits per heavy atom.